The molecule has 0 aliphatic carbocycles. The van der Waals surface area contributed by atoms with Crippen molar-refractivity contribution in [3.8, 4) is 28.3 Å². The van der Waals surface area contributed by atoms with Crippen molar-refractivity contribution in [1.29, 1.82) is 5.26 Å². The summed E-state index contributed by atoms with van der Waals surface area (Å²) in [7, 11) is 0. The second kappa shape index (κ2) is 7.04. The topological polar surface area (TPSA) is 63.0 Å². The zero-order valence-electron chi connectivity index (χ0n) is 14.5. The Bertz CT molecular complexity index is 1080. The zero-order valence-corrected chi connectivity index (χ0v) is 14.5. The van der Waals surface area contributed by atoms with Gasteiger partial charge in [0.05, 0.1) is 36.0 Å². The molecule has 3 rings (SSSR count). The van der Waals surface area contributed by atoms with E-state index in [1.54, 1.807) is 42.6 Å². The molecule has 0 aliphatic heterocycles. The highest BCUT2D eigenvalue weighted by molar-refractivity contribution is 5.82. The summed E-state index contributed by atoms with van der Waals surface area (Å²) in [5, 5.41) is 13.3. The zero-order chi connectivity index (χ0) is 18.7. The Kier molecular flexibility index (Phi) is 4.64. The molecule has 0 atom stereocenters. The number of nitrogens with zero attached hydrogens (tertiary/aromatic N) is 4. The monoisotopic (exact) mass is 340 g/mol. The van der Waals surface area contributed by atoms with Crippen molar-refractivity contribution < 1.29 is 0 Å². The van der Waals surface area contributed by atoms with Crippen molar-refractivity contribution in [2.75, 3.05) is 0 Å². The van der Waals surface area contributed by atoms with Gasteiger partial charge < -0.3 is 0 Å². The molecule has 0 amide bonds. The van der Waals surface area contributed by atoms with E-state index in [1.807, 2.05) is 26.0 Å². The predicted molar refractivity (Wildman–Crippen MR) is 101 cm³/mol. The molecule has 0 saturated carbocycles. The van der Waals surface area contributed by atoms with Crippen molar-refractivity contribution in [3.63, 3.8) is 0 Å². The van der Waals surface area contributed by atoms with E-state index in [0.717, 1.165) is 11.1 Å². The van der Waals surface area contributed by atoms with Gasteiger partial charge in [-0.05, 0) is 37.1 Å². The third kappa shape index (κ3) is 3.11. The number of aromatic nitrogens is 2. The number of hydrogen-bond acceptors (Lipinski definition) is 3. The van der Waals surface area contributed by atoms with Gasteiger partial charge in [0.1, 0.15) is 0 Å². The lowest BCUT2D eigenvalue weighted by molar-refractivity contribution is 0.504. The maximum atomic E-state index is 13.1. The van der Waals surface area contributed by atoms with Crippen LogP contribution in [0.15, 0.2) is 59.5 Å². The van der Waals surface area contributed by atoms with Gasteiger partial charge in [-0.25, -0.2) is 9.53 Å². The summed E-state index contributed by atoms with van der Waals surface area (Å²) < 4.78 is 1.45. The molecule has 1 heterocycles. The largest absolute Gasteiger partial charge is 0.275 e. The van der Waals surface area contributed by atoms with Crippen LogP contribution in [0.4, 0.5) is 5.69 Å². The lowest BCUT2D eigenvalue weighted by Crippen LogP contribution is -2.26. The van der Waals surface area contributed by atoms with Gasteiger partial charge in [-0.2, -0.15) is 10.4 Å². The van der Waals surface area contributed by atoms with E-state index in [1.165, 1.54) is 4.68 Å². The number of rotatable bonds is 3. The first-order valence-corrected chi connectivity index (χ1v) is 8.15. The van der Waals surface area contributed by atoms with Gasteiger partial charge in [0.2, 0.25) is 0 Å². The Hall–Kier alpha value is -3.70. The van der Waals surface area contributed by atoms with Gasteiger partial charge in [-0.1, -0.05) is 36.4 Å². The fourth-order valence-electron chi connectivity index (χ4n) is 2.76. The Morgan fingerprint density at radius 1 is 1.08 bits per heavy atom. The average Bonchev–Trinajstić information content (AvgIpc) is 2.67. The van der Waals surface area contributed by atoms with Gasteiger partial charge >= 0.3 is 0 Å². The van der Waals surface area contributed by atoms with Crippen molar-refractivity contribution in [2.45, 2.75) is 19.9 Å². The van der Waals surface area contributed by atoms with Crippen molar-refractivity contribution in [3.05, 3.63) is 82.1 Å². The minimum Gasteiger partial charge on any atom is -0.267 e. The summed E-state index contributed by atoms with van der Waals surface area (Å²) in [6.07, 6.45) is 1.68. The molecular formula is C21H16N4O. The van der Waals surface area contributed by atoms with E-state index in [4.69, 9.17) is 11.8 Å². The minimum absolute atomic E-state index is 0.0706. The summed E-state index contributed by atoms with van der Waals surface area (Å²) in [5.74, 6) is 0. The Balaban J connectivity index is 2.27. The molecular weight excluding hydrogens is 324 g/mol. The predicted octanol–water partition coefficient (Wildman–Crippen LogP) is 4.58. The molecule has 2 aromatic carbocycles. The van der Waals surface area contributed by atoms with Gasteiger partial charge in [-0.15, -0.1) is 0 Å². The maximum absolute atomic E-state index is 13.1. The molecule has 126 valence electrons. The third-order valence-electron chi connectivity index (χ3n) is 4.10. The van der Waals surface area contributed by atoms with Crippen LogP contribution in [0, 0.1) is 17.9 Å². The van der Waals surface area contributed by atoms with Crippen molar-refractivity contribution in [2.24, 2.45) is 0 Å². The Morgan fingerprint density at radius 2 is 1.69 bits per heavy atom. The molecule has 0 radical (unpaired) electrons. The fourth-order valence-corrected chi connectivity index (χ4v) is 2.76. The van der Waals surface area contributed by atoms with Crippen LogP contribution in [-0.2, 0) is 0 Å². The third-order valence-corrected chi connectivity index (χ3v) is 4.10. The van der Waals surface area contributed by atoms with Crippen molar-refractivity contribution >= 4 is 5.69 Å². The average molecular weight is 340 g/mol. The highest BCUT2D eigenvalue weighted by Crippen LogP contribution is 2.30. The number of nitriles is 1. The minimum atomic E-state index is -0.183. The SMILES string of the molecule is [C-]#[N+]c1ccc(-c2c(-c3ccc(C#N)cc3)cnn(C(C)C)c2=O)cc1. The quantitative estimate of drug-likeness (QED) is 0.656. The van der Waals surface area contributed by atoms with Crippen LogP contribution < -0.4 is 5.56 Å². The molecule has 26 heavy (non-hydrogen) atoms. The molecule has 5 nitrogen and oxygen atoms in total. The van der Waals surface area contributed by atoms with Crippen LogP contribution >= 0.6 is 0 Å². The molecule has 0 bridgehead atoms. The number of benzene rings is 2. The number of hydrogen-bond donors (Lipinski definition) is 0. The lowest BCUT2D eigenvalue weighted by Gasteiger charge is -2.14. The summed E-state index contributed by atoms with van der Waals surface area (Å²) >= 11 is 0. The molecule has 0 saturated heterocycles. The van der Waals surface area contributed by atoms with E-state index < -0.39 is 0 Å². The molecule has 0 aliphatic rings. The van der Waals surface area contributed by atoms with E-state index in [9.17, 15) is 4.79 Å². The van der Waals surface area contributed by atoms with Crippen LogP contribution in [0.1, 0.15) is 25.5 Å². The highest BCUT2D eigenvalue weighted by Gasteiger charge is 2.16. The van der Waals surface area contributed by atoms with Gasteiger partial charge in [0.25, 0.3) is 5.56 Å². The van der Waals surface area contributed by atoms with Gasteiger partial charge in [0, 0.05) is 5.56 Å². The van der Waals surface area contributed by atoms with Crippen LogP contribution in [0.5, 0.6) is 0 Å². The first kappa shape index (κ1) is 17.1. The van der Waals surface area contributed by atoms with Crippen LogP contribution in [0.25, 0.3) is 27.1 Å². The highest BCUT2D eigenvalue weighted by atomic mass is 16.1. The molecule has 0 N–H and O–H groups in total. The maximum Gasteiger partial charge on any atom is 0.275 e. The van der Waals surface area contributed by atoms with E-state index >= 15 is 0 Å². The summed E-state index contributed by atoms with van der Waals surface area (Å²) in [6, 6.07) is 16.0. The van der Waals surface area contributed by atoms with Crippen LogP contribution in [0.2, 0.25) is 0 Å². The first-order valence-electron chi connectivity index (χ1n) is 8.15. The van der Waals surface area contributed by atoms with Gasteiger partial charge in [0.15, 0.2) is 5.69 Å². The second-order valence-corrected chi connectivity index (χ2v) is 6.12. The summed E-state index contributed by atoms with van der Waals surface area (Å²) in [5.41, 5.74) is 3.68. The van der Waals surface area contributed by atoms with E-state index in [0.29, 0.717) is 22.4 Å². The summed E-state index contributed by atoms with van der Waals surface area (Å²) in [6.45, 7) is 10.9. The molecule has 1 aromatic heterocycles. The van der Waals surface area contributed by atoms with Gasteiger partial charge in [-0.3, -0.25) is 4.79 Å². The standard InChI is InChI=1S/C21H16N4O/c1-14(2)25-21(26)20(17-8-10-18(23-3)11-9-17)19(13-24-25)16-6-4-15(12-22)5-7-16/h4-11,13-14H,1-2H3. The lowest BCUT2D eigenvalue weighted by atomic mass is 9.96. The molecule has 3 aromatic rings. The smallest absolute Gasteiger partial charge is 0.267 e. The molecule has 0 spiro atoms. The molecule has 5 heteroatoms. The summed E-state index contributed by atoms with van der Waals surface area (Å²) in [4.78, 5) is 16.5. The Labute approximate surface area is 151 Å². The molecule has 0 unspecified atom stereocenters. The second-order valence-electron chi connectivity index (χ2n) is 6.12. The normalized spacial score (nSPS) is 10.3. The first-order chi connectivity index (χ1) is 12.5. The Morgan fingerprint density at radius 3 is 2.23 bits per heavy atom. The van der Waals surface area contributed by atoms with Crippen molar-refractivity contribution in [1.82, 2.24) is 9.78 Å². The van der Waals surface area contributed by atoms with Crippen LogP contribution in [-0.4, -0.2) is 9.78 Å². The molecule has 0 fully saturated rings. The van der Waals surface area contributed by atoms with E-state index in [-0.39, 0.29) is 11.6 Å². The fraction of sp³-hybridized carbons (Fsp3) is 0.143. The van der Waals surface area contributed by atoms with E-state index in [2.05, 4.69) is 16.0 Å². The van der Waals surface area contributed by atoms with Crippen LogP contribution in [0.3, 0.4) is 0 Å².